The average Bonchev–Trinajstić information content (AvgIpc) is 3.55. The van der Waals surface area contributed by atoms with Crippen LogP contribution in [0.2, 0.25) is 0 Å². The van der Waals surface area contributed by atoms with Gasteiger partial charge >= 0.3 is 12.1 Å². The van der Waals surface area contributed by atoms with Crippen molar-refractivity contribution in [3.05, 3.63) is 87.6 Å². The summed E-state index contributed by atoms with van der Waals surface area (Å²) < 4.78 is 40.1. The van der Waals surface area contributed by atoms with Gasteiger partial charge in [-0.2, -0.15) is 13.2 Å². The molecule has 0 aliphatic carbocycles. The number of alkyl halides is 3. The number of nitrogens with one attached hydrogen (secondary N) is 5. The zero-order chi connectivity index (χ0) is 34.8. The lowest BCUT2D eigenvalue weighted by Gasteiger charge is -2.23. The minimum Gasteiger partial charge on any atom is -0.480 e. The van der Waals surface area contributed by atoms with Gasteiger partial charge in [-0.05, 0) is 40.8 Å². The van der Waals surface area contributed by atoms with Crippen molar-refractivity contribution < 1.29 is 47.0 Å². The minimum atomic E-state index is -4.68. The van der Waals surface area contributed by atoms with Crippen LogP contribution in [-0.2, 0) is 54.2 Å². The van der Waals surface area contributed by atoms with E-state index in [9.17, 15) is 47.0 Å². The lowest BCUT2D eigenvalue weighted by molar-refractivity contribution is -0.142. The average molecular weight is 688 g/mol. The molecule has 0 saturated carbocycles. The molecule has 0 spiro atoms. The summed E-state index contributed by atoms with van der Waals surface area (Å²) in [5, 5.41) is 24.0. The number of aliphatic carboxylic acids is 1. The molecule has 2 aromatic carbocycles. The number of fused-ring (bicyclic) bond motifs is 18. The first-order chi connectivity index (χ1) is 22.8. The van der Waals surface area contributed by atoms with Gasteiger partial charge < -0.3 is 31.7 Å². The van der Waals surface area contributed by atoms with Gasteiger partial charge in [0, 0.05) is 42.7 Å². The first kappa shape index (κ1) is 35.6. The number of hydrogen-bond acceptors (Lipinski definition) is 7. The van der Waals surface area contributed by atoms with E-state index in [4.69, 9.17) is 0 Å². The van der Waals surface area contributed by atoms with Gasteiger partial charge in [-0.3, -0.25) is 24.0 Å². The summed E-state index contributed by atoms with van der Waals surface area (Å²) in [6.07, 6.45) is -5.70. The summed E-state index contributed by atoms with van der Waals surface area (Å²) in [6.45, 7) is -0.682. The molecule has 6 N–H and O–H groups in total. The van der Waals surface area contributed by atoms with E-state index >= 15 is 0 Å². The molecule has 2 aliphatic heterocycles. The third-order valence-electron chi connectivity index (χ3n) is 7.28. The molecule has 0 radical (unpaired) electrons. The lowest BCUT2D eigenvalue weighted by Crippen LogP contribution is -2.55. The monoisotopic (exact) mass is 687 g/mol. The van der Waals surface area contributed by atoms with Gasteiger partial charge in [0.05, 0.1) is 12.1 Å². The van der Waals surface area contributed by atoms with E-state index in [0.29, 0.717) is 11.3 Å². The zero-order valence-electron chi connectivity index (χ0n) is 25.3. The van der Waals surface area contributed by atoms with Crippen molar-refractivity contribution in [3.8, 4) is 0 Å². The fourth-order valence-electron chi connectivity index (χ4n) is 4.84. The fourth-order valence-corrected chi connectivity index (χ4v) is 5.60. The predicted octanol–water partition coefficient (Wildman–Crippen LogP) is 2.18. The van der Waals surface area contributed by atoms with Crippen molar-refractivity contribution in [1.29, 1.82) is 0 Å². The molecule has 0 unspecified atom stereocenters. The minimum absolute atomic E-state index is 0.0306. The van der Waals surface area contributed by atoms with Crippen molar-refractivity contribution in [3.63, 3.8) is 0 Å². The molecule has 3 atom stereocenters. The highest BCUT2D eigenvalue weighted by Crippen LogP contribution is 2.29. The topological polar surface area (TPSA) is 183 Å². The van der Waals surface area contributed by atoms with Crippen LogP contribution >= 0.6 is 11.3 Å². The number of rotatable bonds is 5. The van der Waals surface area contributed by atoms with Crippen LogP contribution < -0.4 is 26.6 Å². The molecule has 5 amide bonds. The molecular formula is C32H32F3N5O7S. The number of anilines is 1. The Kier molecular flexibility index (Phi) is 11.9. The number of carbonyl (C=O) groups excluding carboxylic acids is 5. The Morgan fingerprint density at radius 1 is 0.812 bits per heavy atom. The normalized spacial score (nSPS) is 20.4. The highest BCUT2D eigenvalue weighted by Gasteiger charge is 2.32. The van der Waals surface area contributed by atoms with Crippen LogP contribution in [0.25, 0.3) is 0 Å². The smallest absolute Gasteiger partial charge is 0.416 e. The number of hydrogen-bond donors (Lipinski definition) is 6. The van der Waals surface area contributed by atoms with Crippen LogP contribution in [0, 0.1) is 0 Å². The van der Waals surface area contributed by atoms with Crippen molar-refractivity contribution >= 4 is 52.5 Å². The van der Waals surface area contributed by atoms with Crippen LogP contribution in [0.4, 0.5) is 18.9 Å². The third-order valence-corrected chi connectivity index (χ3v) is 8.18. The molecule has 16 heteroatoms. The molecule has 1 aromatic heterocycles. The quantitative estimate of drug-likeness (QED) is 0.222. The summed E-state index contributed by atoms with van der Waals surface area (Å²) in [6, 6.07) is 9.53. The third kappa shape index (κ3) is 10.7. The van der Waals surface area contributed by atoms with Gasteiger partial charge in [-0.1, -0.05) is 36.4 Å². The Morgan fingerprint density at radius 3 is 2.17 bits per heavy atom. The Balaban J connectivity index is 1.61. The fraction of sp³-hybridized carbons (Fsp3) is 0.312. The standard InChI is InChI=1S/C32H32F3N5O7S/c33-32(34,35)20-4-1-3-19(13-20)15-23-30(45)40-25(31(46)47)14-18-6-8-21(9-7-18)37-26(41)10-11-27(42)38-24(16-22-5-2-12-48-22)29(44)36-17-28(43)39-23/h1-9,12-13,23-25H,10-11,14-17H2,(H,36,44)(H,37,41)(H,38,42)(H,39,43)(H,40,45)(H,46,47)/t23-,24-,25+/m1/s1. The van der Waals surface area contributed by atoms with Crippen LogP contribution in [-0.4, -0.2) is 65.3 Å². The van der Waals surface area contributed by atoms with Gasteiger partial charge in [0.1, 0.15) is 18.1 Å². The van der Waals surface area contributed by atoms with E-state index in [2.05, 4.69) is 26.6 Å². The Morgan fingerprint density at radius 2 is 1.50 bits per heavy atom. The number of carboxylic acid groups (broad SMARTS) is 1. The largest absolute Gasteiger partial charge is 0.480 e. The summed E-state index contributed by atoms with van der Waals surface area (Å²) in [5.74, 6) is -5.12. The number of halogens is 3. The van der Waals surface area contributed by atoms with Crippen molar-refractivity contribution in [2.75, 3.05) is 11.9 Å². The molecule has 0 saturated heterocycles. The van der Waals surface area contributed by atoms with Crippen molar-refractivity contribution in [1.82, 2.24) is 21.3 Å². The summed E-state index contributed by atoms with van der Waals surface area (Å²) in [5.41, 5.74) is -0.125. The predicted molar refractivity (Wildman–Crippen MR) is 168 cm³/mol. The van der Waals surface area contributed by atoms with E-state index in [0.717, 1.165) is 23.1 Å². The molecule has 12 nitrogen and oxygen atoms in total. The van der Waals surface area contributed by atoms with E-state index in [1.807, 2.05) is 0 Å². The number of amides is 5. The van der Waals surface area contributed by atoms with Crippen LogP contribution in [0.15, 0.2) is 66.0 Å². The molecule has 3 aromatic rings. The van der Waals surface area contributed by atoms with Crippen molar-refractivity contribution in [2.24, 2.45) is 0 Å². The highest BCUT2D eigenvalue weighted by molar-refractivity contribution is 7.09. The molecule has 2 aliphatic rings. The Labute approximate surface area is 276 Å². The Hall–Kier alpha value is -5.25. The van der Waals surface area contributed by atoms with Gasteiger partial charge in [-0.15, -0.1) is 11.3 Å². The van der Waals surface area contributed by atoms with Gasteiger partial charge in [-0.25, -0.2) is 4.79 Å². The van der Waals surface area contributed by atoms with E-state index in [-0.39, 0.29) is 31.2 Å². The second-order valence-electron chi connectivity index (χ2n) is 11.0. The highest BCUT2D eigenvalue weighted by atomic mass is 32.1. The summed E-state index contributed by atoms with van der Waals surface area (Å²) >= 11 is 1.33. The zero-order valence-corrected chi connectivity index (χ0v) is 26.1. The number of thiophene rings is 1. The maximum absolute atomic E-state index is 13.4. The Bertz CT molecular complexity index is 1650. The first-order valence-electron chi connectivity index (χ1n) is 14.7. The second-order valence-corrected chi connectivity index (χ2v) is 12.0. The second kappa shape index (κ2) is 16.0. The van der Waals surface area contributed by atoms with E-state index < -0.39 is 78.3 Å². The molecule has 3 heterocycles. The number of carbonyl (C=O) groups is 6. The van der Waals surface area contributed by atoms with E-state index in [1.54, 1.807) is 17.5 Å². The maximum Gasteiger partial charge on any atom is 0.416 e. The SMILES string of the molecule is O=C1CCC(=O)N[C@H](Cc2cccs2)C(=O)NCC(=O)N[C@H](Cc2cccc(C(F)(F)F)c2)C(=O)N[C@H](C(=O)O)Cc2ccc(cc2)N1. The molecular weight excluding hydrogens is 655 g/mol. The molecule has 2 bridgehead atoms. The first-order valence-corrected chi connectivity index (χ1v) is 15.6. The van der Waals surface area contributed by atoms with Gasteiger partial charge in [0.15, 0.2) is 0 Å². The summed E-state index contributed by atoms with van der Waals surface area (Å²) in [7, 11) is 0. The number of benzene rings is 2. The lowest BCUT2D eigenvalue weighted by atomic mass is 10.0. The molecule has 0 fully saturated rings. The number of carboxylic acids is 1. The molecule has 254 valence electrons. The molecule has 5 rings (SSSR count). The van der Waals surface area contributed by atoms with Crippen molar-refractivity contribution in [2.45, 2.75) is 56.4 Å². The van der Waals surface area contributed by atoms with Crippen LogP contribution in [0.3, 0.4) is 0 Å². The van der Waals surface area contributed by atoms with Crippen LogP contribution in [0.1, 0.15) is 34.4 Å². The maximum atomic E-state index is 13.4. The van der Waals surface area contributed by atoms with E-state index in [1.165, 1.54) is 41.7 Å². The van der Waals surface area contributed by atoms with Gasteiger partial charge in [0.25, 0.3) is 0 Å². The van der Waals surface area contributed by atoms with Gasteiger partial charge in [0.2, 0.25) is 29.5 Å². The summed E-state index contributed by atoms with van der Waals surface area (Å²) in [4.78, 5) is 77.6. The molecule has 48 heavy (non-hydrogen) atoms. The van der Waals surface area contributed by atoms with Crippen LogP contribution in [0.5, 0.6) is 0 Å².